The lowest BCUT2D eigenvalue weighted by atomic mass is 9.88. The third-order valence-electron chi connectivity index (χ3n) is 7.58. The quantitative estimate of drug-likeness (QED) is 0.634. The Bertz CT molecular complexity index is 765. The van der Waals surface area contributed by atoms with Gasteiger partial charge in [0.05, 0.1) is 12.5 Å². The number of aryl methyl sites for hydroxylation is 2. The van der Waals surface area contributed by atoms with E-state index in [1.807, 2.05) is 0 Å². The zero-order valence-electron chi connectivity index (χ0n) is 20.4. The van der Waals surface area contributed by atoms with Gasteiger partial charge in [-0.1, -0.05) is 26.8 Å². The highest BCUT2D eigenvalue weighted by Crippen LogP contribution is 2.28. The molecule has 0 bridgehead atoms. The van der Waals surface area contributed by atoms with Gasteiger partial charge in [0.1, 0.15) is 5.75 Å². The van der Waals surface area contributed by atoms with Gasteiger partial charge in [0.25, 0.3) is 0 Å². The van der Waals surface area contributed by atoms with Crippen molar-refractivity contribution in [2.24, 2.45) is 17.8 Å². The average Bonchev–Trinajstić information content (AvgIpc) is 3.43. The minimum atomic E-state index is 0.0626. The Kier molecular flexibility index (Phi) is 8.12. The van der Waals surface area contributed by atoms with Gasteiger partial charge in [0.2, 0.25) is 5.91 Å². The Morgan fingerprint density at radius 3 is 2.84 bits per heavy atom. The molecule has 0 saturated carbocycles. The highest BCUT2D eigenvalue weighted by Gasteiger charge is 2.33. The number of hydrogen-bond acceptors (Lipinski definition) is 4. The number of carbonyl (C=O) groups excluding carboxylic acids is 1. The number of fused-ring (bicyclic) bond motifs is 1. The minimum Gasteiger partial charge on any atom is -0.493 e. The highest BCUT2D eigenvalue weighted by molar-refractivity contribution is 5.79. The Labute approximate surface area is 194 Å². The lowest BCUT2D eigenvalue weighted by Gasteiger charge is -2.38. The second-order valence-corrected chi connectivity index (χ2v) is 10.7. The predicted molar refractivity (Wildman–Crippen MR) is 130 cm³/mol. The van der Waals surface area contributed by atoms with Gasteiger partial charge in [-0.2, -0.15) is 0 Å². The first kappa shape index (κ1) is 23.6. The summed E-state index contributed by atoms with van der Waals surface area (Å²) >= 11 is 0. The number of rotatable bonds is 9. The number of likely N-dealkylation sites (tertiary alicyclic amines) is 2. The van der Waals surface area contributed by atoms with Gasteiger partial charge >= 0.3 is 0 Å². The molecule has 1 amide bonds. The van der Waals surface area contributed by atoms with Crippen LogP contribution >= 0.6 is 0 Å². The molecule has 1 aliphatic carbocycles. The van der Waals surface area contributed by atoms with Crippen molar-refractivity contribution < 1.29 is 9.53 Å². The number of nitrogens with zero attached hydrogens (tertiary/aromatic N) is 2. The van der Waals surface area contributed by atoms with Gasteiger partial charge in [0, 0.05) is 38.1 Å². The highest BCUT2D eigenvalue weighted by atomic mass is 16.5. The Morgan fingerprint density at radius 2 is 2.03 bits per heavy atom. The summed E-state index contributed by atoms with van der Waals surface area (Å²) in [4.78, 5) is 18.1. The zero-order chi connectivity index (χ0) is 22.5. The molecule has 2 fully saturated rings. The monoisotopic (exact) mass is 441 g/mol. The summed E-state index contributed by atoms with van der Waals surface area (Å²) < 4.78 is 6.26. The van der Waals surface area contributed by atoms with Crippen molar-refractivity contribution in [3.63, 3.8) is 0 Å². The van der Waals surface area contributed by atoms with Crippen LogP contribution in [0.3, 0.4) is 0 Å². The molecule has 3 atom stereocenters. The predicted octanol–water partition coefficient (Wildman–Crippen LogP) is 3.75. The van der Waals surface area contributed by atoms with Gasteiger partial charge in [-0.05, 0) is 80.8 Å². The van der Waals surface area contributed by atoms with Crippen LogP contribution in [0, 0.1) is 17.8 Å². The molecular weight excluding hydrogens is 398 g/mol. The summed E-state index contributed by atoms with van der Waals surface area (Å²) in [5.41, 5.74) is 2.94. The molecule has 1 unspecified atom stereocenters. The van der Waals surface area contributed by atoms with E-state index in [2.05, 4.69) is 54.1 Å². The summed E-state index contributed by atoms with van der Waals surface area (Å²) in [6, 6.07) is 7.12. The third-order valence-corrected chi connectivity index (χ3v) is 7.58. The largest absolute Gasteiger partial charge is 0.493 e. The minimum absolute atomic E-state index is 0.0626. The topological polar surface area (TPSA) is 44.8 Å². The van der Waals surface area contributed by atoms with E-state index < -0.39 is 0 Å². The Hall–Kier alpha value is -1.59. The maximum absolute atomic E-state index is 13.1. The summed E-state index contributed by atoms with van der Waals surface area (Å²) in [5, 5.41) is 3.31. The molecule has 0 radical (unpaired) electrons. The summed E-state index contributed by atoms with van der Waals surface area (Å²) in [5.74, 6) is 2.29. The normalized spacial score (nSPS) is 26.4. The number of ether oxygens (including phenoxy) is 1. The number of piperidine rings is 1. The maximum Gasteiger partial charge on any atom is 0.224 e. The first-order valence-electron chi connectivity index (χ1n) is 13.0. The van der Waals surface area contributed by atoms with E-state index in [9.17, 15) is 4.79 Å². The summed E-state index contributed by atoms with van der Waals surface area (Å²) in [6.07, 6.45) is 7.03. The summed E-state index contributed by atoms with van der Waals surface area (Å²) in [6.45, 7) is 13.4. The molecule has 1 aromatic carbocycles. The number of benzene rings is 1. The molecule has 2 saturated heterocycles. The molecule has 5 heteroatoms. The standard InChI is InChI=1S/C27H43N3O2/c1-4-30-12-6-9-25(30)15-28-27(31)24-13-21(17-29(18-24)16-20(2)3)19-32-26-11-10-22-7-5-8-23(22)14-26/h10-11,14,20-21,24-25H,4-9,12-13,15-19H2,1-3H3,(H,28,31)/t21-,24+,25?/m0/s1. The molecule has 5 nitrogen and oxygen atoms in total. The summed E-state index contributed by atoms with van der Waals surface area (Å²) in [7, 11) is 0. The zero-order valence-corrected chi connectivity index (χ0v) is 20.4. The SMILES string of the molecule is CCN1CCCC1CNC(=O)[C@@H]1C[C@H](COc2ccc3c(c2)CCC3)CN(CC(C)C)C1. The number of amides is 1. The van der Waals surface area contributed by atoms with Crippen LogP contribution in [0.4, 0.5) is 0 Å². The van der Waals surface area contributed by atoms with Crippen molar-refractivity contribution >= 4 is 5.91 Å². The van der Waals surface area contributed by atoms with Crippen molar-refractivity contribution in [2.75, 3.05) is 45.9 Å². The Balaban J connectivity index is 1.33. The van der Waals surface area contributed by atoms with Crippen LogP contribution in [-0.4, -0.2) is 67.6 Å². The molecule has 0 spiro atoms. The van der Waals surface area contributed by atoms with Crippen LogP contribution in [0.2, 0.25) is 0 Å². The number of carbonyl (C=O) groups is 1. The molecular formula is C27H43N3O2. The molecule has 1 N–H and O–H groups in total. The van der Waals surface area contributed by atoms with E-state index in [4.69, 9.17) is 4.74 Å². The van der Waals surface area contributed by atoms with Crippen LogP contribution in [0.5, 0.6) is 5.75 Å². The molecule has 0 aromatic heterocycles. The average molecular weight is 442 g/mol. The third kappa shape index (κ3) is 6.05. The van der Waals surface area contributed by atoms with Crippen molar-refractivity contribution in [3.8, 4) is 5.75 Å². The first-order chi connectivity index (χ1) is 15.5. The van der Waals surface area contributed by atoms with Crippen molar-refractivity contribution in [1.29, 1.82) is 0 Å². The molecule has 2 heterocycles. The molecule has 3 aliphatic rings. The van der Waals surface area contributed by atoms with Gasteiger partial charge in [-0.3, -0.25) is 9.69 Å². The van der Waals surface area contributed by atoms with Gasteiger partial charge in [-0.15, -0.1) is 0 Å². The van der Waals surface area contributed by atoms with E-state index in [1.54, 1.807) is 0 Å². The number of hydrogen-bond donors (Lipinski definition) is 1. The fourth-order valence-electron chi connectivity index (χ4n) is 6.04. The van der Waals surface area contributed by atoms with Crippen LogP contribution in [0.15, 0.2) is 18.2 Å². The van der Waals surface area contributed by atoms with Crippen molar-refractivity contribution in [3.05, 3.63) is 29.3 Å². The lowest BCUT2D eigenvalue weighted by Crippen LogP contribution is -2.50. The van der Waals surface area contributed by atoms with Gasteiger partial charge < -0.3 is 15.0 Å². The Morgan fingerprint density at radius 1 is 1.19 bits per heavy atom. The van der Waals surface area contributed by atoms with E-state index in [-0.39, 0.29) is 11.8 Å². The van der Waals surface area contributed by atoms with Gasteiger partial charge in [-0.25, -0.2) is 0 Å². The van der Waals surface area contributed by atoms with Crippen LogP contribution < -0.4 is 10.1 Å². The number of likely N-dealkylation sites (N-methyl/N-ethyl adjacent to an activating group) is 1. The second kappa shape index (κ2) is 11.0. The van der Waals surface area contributed by atoms with Crippen LogP contribution in [-0.2, 0) is 17.6 Å². The molecule has 1 aromatic rings. The van der Waals surface area contributed by atoms with Crippen molar-refractivity contribution in [1.82, 2.24) is 15.1 Å². The van der Waals surface area contributed by atoms with Crippen LogP contribution in [0.25, 0.3) is 0 Å². The molecule has 32 heavy (non-hydrogen) atoms. The fourth-order valence-corrected chi connectivity index (χ4v) is 6.04. The fraction of sp³-hybridized carbons (Fsp3) is 0.741. The molecule has 2 aliphatic heterocycles. The smallest absolute Gasteiger partial charge is 0.224 e. The van der Waals surface area contributed by atoms with E-state index in [0.717, 1.165) is 44.9 Å². The van der Waals surface area contributed by atoms with Crippen molar-refractivity contribution in [2.45, 2.75) is 65.3 Å². The molecule has 178 valence electrons. The second-order valence-electron chi connectivity index (χ2n) is 10.7. The molecule has 4 rings (SSSR count). The first-order valence-corrected chi connectivity index (χ1v) is 13.0. The number of nitrogens with one attached hydrogen (secondary N) is 1. The lowest BCUT2D eigenvalue weighted by molar-refractivity contribution is -0.128. The van der Waals surface area contributed by atoms with E-state index in [1.165, 1.54) is 49.8 Å². The van der Waals surface area contributed by atoms with Gasteiger partial charge in [0.15, 0.2) is 0 Å². The van der Waals surface area contributed by atoms with E-state index in [0.29, 0.717) is 24.5 Å². The maximum atomic E-state index is 13.1. The van der Waals surface area contributed by atoms with Crippen LogP contribution in [0.1, 0.15) is 57.6 Å². The van der Waals surface area contributed by atoms with E-state index >= 15 is 0 Å².